The standard InChI is InChI=1S/C14H15BrN2/c1-10-2-4-11(5-3-10)9-17-14-7-6-12(16)8-13(14)15/h2-8,17H,9,16H2,1H3. The number of nitrogens with one attached hydrogen (secondary N) is 1. The summed E-state index contributed by atoms with van der Waals surface area (Å²) in [7, 11) is 0. The molecule has 0 atom stereocenters. The second-order valence-corrected chi connectivity index (χ2v) is 4.93. The van der Waals surface area contributed by atoms with Gasteiger partial charge >= 0.3 is 0 Å². The van der Waals surface area contributed by atoms with Crippen molar-refractivity contribution in [2.24, 2.45) is 0 Å². The van der Waals surface area contributed by atoms with Gasteiger partial charge < -0.3 is 11.1 Å². The predicted molar refractivity (Wildman–Crippen MR) is 77.1 cm³/mol. The first-order valence-electron chi connectivity index (χ1n) is 5.49. The van der Waals surface area contributed by atoms with Crippen LogP contribution in [0.2, 0.25) is 0 Å². The van der Waals surface area contributed by atoms with E-state index in [1.54, 1.807) is 0 Å². The molecule has 0 amide bonds. The predicted octanol–water partition coefficient (Wildman–Crippen LogP) is 3.95. The van der Waals surface area contributed by atoms with Gasteiger partial charge in [-0.05, 0) is 46.6 Å². The van der Waals surface area contributed by atoms with Crippen molar-refractivity contribution in [1.82, 2.24) is 0 Å². The minimum absolute atomic E-state index is 0.762. The number of aryl methyl sites for hydroxylation is 1. The molecule has 0 saturated heterocycles. The van der Waals surface area contributed by atoms with Gasteiger partial charge in [0.25, 0.3) is 0 Å². The number of hydrogen-bond donors (Lipinski definition) is 2. The summed E-state index contributed by atoms with van der Waals surface area (Å²) in [5.74, 6) is 0. The Kier molecular flexibility index (Phi) is 3.69. The van der Waals surface area contributed by atoms with Crippen LogP contribution in [-0.2, 0) is 6.54 Å². The molecular formula is C14H15BrN2. The molecule has 88 valence electrons. The highest BCUT2D eigenvalue weighted by Gasteiger charge is 1.99. The van der Waals surface area contributed by atoms with Gasteiger partial charge in [0.2, 0.25) is 0 Å². The summed E-state index contributed by atoms with van der Waals surface area (Å²) < 4.78 is 0.990. The molecule has 2 aromatic carbocycles. The van der Waals surface area contributed by atoms with Gasteiger partial charge in [-0.25, -0.2) is 0 Å². The fraction of sp³-hybridized carbons (Fsp3) is 0.143. The smallest absolute Gasteiger partial charge is 0.0488 e. The number of benzene rings is 2. The molecule has 2 aromatic rings. The molecule has 0 unspecified atom stereocenters. The first-order valence-corrected chi connectivity index (χ1v) is 6.29. The van der Waals surface area contributed by atoms with Crippen LogP contribution >= 0.6 is 15.9 Å². The highest BCUT2D eigenvalue weighted by molar-refractivity contribution is 9.10. The zero-order chi connectivity index (χ0) is 12.3. The Balaban J connectivity index is 2.04. The average Bonchev–Trinajstić information content (AvgIpc) is 2.30. The highest BCUT2D eigenvalue weighted by atomic mass is 79.9. The molecule has 17 heavy (non-hydrogen) atoms. The highest BCUT2D eigenvalue weighted by Crippen LogP contribution is 2.25. The fourth-order valence-electron chi connectivity index (χ4n) is 1.58. The van der Waals surface area contributed by atoms with E-state index < -0.39 is 0 Å². The Labute approximate surface area is 110 Å². The largest absolute Gasteiger partial charge is 0.399 e. The van der Waals surface area contributed by atoms with Crippen LogP contribution < -0.4 is 11.1 Å². The summed E-state index contributed by atoms with van der Waals surface area (Å²) >= 11 is 3.49. The van der Waals surface area contributed by atoms with Crippen LogP contribution in [0.25, 0.3) is 0 Å². The lowest BCUT2D eigenvalue weighted by molar-refractivity contribution is 1.14. The van der Waals surface area contributed by atoms with Crippen molar-refractivity contribution >= 4 is 27.3 Å². The van der Waals surface area contributed by atoms with E-state index in [0.29, 0.717) is 0 Å². The van der Waals surface area contributed by atoms with E-state index >= 15 is 0 Å². The zero-order valence-corrected chi connectivity index (χ0v) is 11.3. The van der Waals surface area contributed by atoms with E-state index in [9.17, 15) is 0 Å². The Morgan fingerprint density at radius 3 is 2.47 bits per heavy atom. The first kappa shape index (κ1) is 12.0. The Hall–Kier alpha value is -1.48. The maximum absolute atomic E-state index is 5.69. The Morgan fingerprint density at radius 1 is 1.12 bits per heavy atom. The lowest BCUT2D eigenvalue weighted by atomic mass is 10.1. The summed E-state index contributed by atoms with van der Waals surface area (Å²) in [5, 5.41) is 3.37. The van der Waals surface area contributed by atoms with Gasteiger partial charge in [-0.3, -0.25) is 0 Å². The van der Waals surface area contributed by atoms with Gasteiger partial charge in [0.15, 0.2) is 0 Å². The molecule has 0 radical (unpaired) electrons. The van der Waals surface area contributed by atoms with E-state index in [1.165, 1.54) is 11.1 Å². The SMILES string of the molecule is Cc1ccc(CNc2ccc(N)cc2Br)cc1. The number of anilines is 2. The van der Waals surface area contributed by atoms with Gasteiger partial charge in [-0.2, -0.15) is 0 Å². The molecule has 0 aliphatic rings. The van der Waals surface area contributed by atoms with Crippen molar-refractivity contribution in [2.45, 2.75) is 13.5 Å². The van der Waals surface area contributed by atoms with E-state index in [1.807, 2.05) is 18.2 Å². The third-order valence-electron chi connectivity index (χ3n) is 2.60. The molecular weight excluding hydrogens is 276 g/mol. The second kappa shape index (κ2) is 5.23. The lowest BCUT2D eigenvalue weighted by Crippen LogP contribution is -2.00. The van der Waals surface area contributed by atoms with Gasteiger partial charge in [0, 0.05) is 22.4 Å². The van der Waals surface area contributed by atoms with Gasteiger partial charge in [0.1, 0.15) is 0 Å². The average molecular weight is 291 g/mol. The monoisotopic (exact) mass is 290 g/mol. The van der Waals surface area contributed by atoms with Gasteiger partial charge in [-0.1, -0.05) is 29.8 Å². The van der Waals surface area contributed by atoms with Crippen LogP contribution in [0, 0.1) is 6.92 Å². The maximum atomic E-state index is 5.69. The molecule has 0 aliphatic carbocycles. The number of rotatable bonds is 3. The molecule has 0 aromatic heterocycles. The first-order chi connectivity index (χ1) is 8.15. The van der Waals surface area contributed by atoms with E-state index in [-0.39, 0.29) is 0 Å². The number of nitrogen functional groups attached to an aromatic ring is 1. The zero-order valence-electron chi connectivity index (χ0n) is 9.70. The van der Waals surface area contributed by atoms with Gasteiger partial charge in [-0.15, -0.1) is 0 Å². The summed E-state index contributed by atoms with van der Waals surface area (Å²) in [6.45, 7) is 2.90. The van der Waals surface area contributed by atoms with Gasteiger partial charge in [0.05, 0.1) is 0 Å². The molecule has 3 heteroatoms. The van der Waals surface area contributed by atoms with Crippen molar-refractivity contribution < 1.29 is 0 Å². The topological polar surface area (TPSA) is 38.0 Å². The molecule has 0 spiro atoms. The minimum Gasteiger partial charge on any atom is -0.399 e. The van der Waals surface area contributed by atoms with E-state index in [2.05, 4.69) is 52.4 Å². The molecule has 0 fully saturated rings. The van der Waals surface area contributed by atoms with E-state index in [0.717, 1.165) is 22.4 Å². The Bertz CT molecular complexity index is 506. The van der Waals surface area contributed by atoms with Crippen LogP contribution in [0.4, 0.5) is 11.4 Å². The van der Waals surface area contributed by atoms with Crippen LogP contribution in [0.15, 0.2) is 46.9 Å². The van der Waals surface area contributed by atoms with Crippen LogP contribution in [0.5, 0.6) is 0 Å². The normalized spacial score (nSPS) is 10.2. The molecule has 0 heterocycles. The van der Waals surface area contributed by atoms with Crippen molar-refractivity contribution in [3.05, 3.63) is 58.1 Å². The van der Waals surface area contributed by atoms with Crippen molar-refractivity contribution in [3.8, 4) is 0 Å². The molecule has 0 aliphatic heterocycles. The summed E-state index contributed by atoms with van der Waals surface area (Å²) in [6.07, 6.45) is 0. The maximum Gasteiger partial charge on any atom is 0.0488 e. The van der Waals surface area contributed by atoms with E-state index in [4.69, 9.17) is 5.73 Å². The number of hydrogen-bond acceptors (Lipinski definition) is 2. The molecule has 3 N–H and O–H groups in total. The van der Waals surface area contributed by atoms with Crippen LogP contribution in [0.3, 0.4) is 0 Å². The van der Waals surface area contributed by atoms with Crippen molar-refractivity contribution in [1.29, 1.82) is 0 Å². The summed E-state index contributed by atoms with van der Waals surface area (Å²) in [5.41, 5.74) is 10.1. The van der Waals surface area contributed by atoms with Crippen LogP contribution in [-0.4, -0.2) is 0 Å². The molecule has 2 rings (SSSR count). The van der Waals surface area contributed by atoms with Crippen molar-refractivity contribution in [3.63, 3.8) is 0 Å². The summed E-state index contributed by atoms with van der Waals surface area (Å²) in [4.78, 5) is 0. The third-order valence-corrected chi connectivity index (χ3v) is 3.25. The van der Waals surface area contributed by atoms with Crippen molar-refractivity contribution in [2.75, 3.05) is 11.1 Å². The molecule has 2 nitrogen and oxygen atoms in total. The second-order valence-electron chi connectivity index (χ2n) is 4.08. The minimum atomic E-state index is 0.762. The molecule has 0 saturated carbocycles. The number of nitrogens with two attached hydrogens (primary N) is 1. The number of halogens is 1. The molecule has 0 bridgehead atoms. The lowest BCUT2D eigenvalue weighted by Gasteiger charge is -2.09. The third kappa shape index (κ3) is 3.24. The van der Waals surface area contributed by atoms with Crippen LogP contribution in [0.1, 0.15) is 11.1 Å². The quantitative estimate of drug-likeness (QED) is 0.840. The summed E-state index contributed by atoms with van der Waals surface area (Å²) in [6, 6.07) is 14.3. The fourth-order valence-corrected chi connectivity index (χ4v) is 2.11. The Morgan fingerprint density at radius 2 is 1.82 bits per heavy atom.